The second-order valence-electron chi connectivity index (χ2n) is 4.06. The maximum Gasteiger partial charge on any atom is 0.180 e. The molecule has 0 spiro atoms. The third-order valence-corrected chi connectivity index (χ3v) is 4.18. The van der Waals surface area contributed by atoms with Crippen LogP contribution in [0.2, 0.25) is 0 Å². The van der Waals surface area contributed by atoms with E-state index in [1.807, 2.05) is 13.0 Å². The highest BCUT2D eigenvalue weighted by Crippen LogP contribution is 2.45. The van der Waals surface area contributed by atoms with E-state index in [0.29, 0.717) is 0 Å². The molecule has 0 amide bonds. The molecule has 106 valence electrons. The van der Waals surface area contributed by atoms with Crippen molar-refractivity contribution >= 4 is 34.8 Å². The molecule has 3 aromatic heterocycles. The van der Waals surface area contributed by atoms with Crippen molar-refractivity contribution in [1.29, 1.82) is 0 Å². The van der Waals surface area contributed by atoms with E-state index in [4.69, 9.17) is 9.47 Å². The molecule has 0 aliphatic carbocycles. The van der Waals surface area contributed by atoms with Gasteiger partial charge in [-0.25, -0.2) is 4.98 Å². The highest BCUT2D eigenvalue weighted by Gasteiger charge is 2.20. The number of pyridine rings is 1. The summed E-state index contributed by atoms with van der Waals surface area (Å²) in [5.74, 6) is 1.57. The number of fused-ring (bicyclic) bond motifs is 1. The smallest absolute Gasteiger partial charge is 0.180 e. The van der Waals surface area contributed by atoms with E-state index in [0.717, 1.165) is 38.1 Å². The summed E-state index contributed by atoms with van der Waals surface area (Å²) in [6.07, 6.45) is 3.47. The number of ether oxygens (including phenoxy) is 2. The Labute approximate surface area is 126 Å². The van der Waals surface area contributed by atoms with Crippen molar-refractivity contribution in [3.05, 3.63) is 24.0 Å². The third-order valence-electron chi connectivity index (χ3n) is 2.94. The second kappa shape index (κ2) is 5.68. The predicted molar refractivity (Wildman–Crippen MR) is 82.3 cm³/mol. The summed E-state index contributed by atoms with van der Waals surface area (Å²) in [4.78, 5) is 12.8. The van der Waals surface area contributed by atoms with Crippen LogP contribution in [0.4, 0.5) is 0 Å². The first-order valence-corrected chi connectivity index (χ1v) is 6.57. The summed E-state index contributed by atoms with van der Waals surface area (Å²) in [6.45, 7) is 1.97. The highest BCUT2D eigenvalue weighted by molar-refractivity contribution is 7.17. The lowest BCUT2D eigenvalue weighted by atomic mass is 10.3. The fraction of sp³-hybridized carbons (Fsp3) is 0.231. The van der Waals surface area contributed by atoms with Crippen molar-refractivity contribution in [3.63, 3.8) is 0 Å². The number of hydrogen-bond donors (Lipinski definition) is 1. The Kier molecular flexibility index (Phi) is 4.15. The van der Waals surface area contributed by atoms with Gasteiger partial charge in [-0.15, -0.1) is 12.4 Å². The van der Waals surface area contributed by atoms with E-state index >= 15 is 0 Å². The van der Waals surface area contributed by atoms with Gasteiger partial charge in [0, 0.05) is 11.8 Å². The Bertz CT molecular complexity index is 705. The molecule has 5 nitrogen and oxygen atoms in total. The zero-order valence-corrected chi connectivity index (χ0v) is 12.9. The number of H-pyrrole nitrogens is 1. The van der Waals surface area contributed by atoms with Crippen LogP contribution >= 0.6 is 23.7 Å². The van der Waals surface area contributed by atoms with E-state index in [9.17, 15) is 0 Å². The van der Waals surface area contributed by atoms with Gasteiger partial charge in [0.05, 0.1) is 25.9 Å². The number of rotatable bonds is 3. The van der Waals surface area contributed by atoms with Gasteiger partial charge in [-0.1, -0.05) is 11.3 Å². The molecule has 20 heavy (non-hydrogen) atoms. The van der Waals surface area contributed by atoms with Gasteiger partial charge in [0.25, 0.3) is 0 Å². The molecular weight excluding hydrogens is 298 g/mol. The molecule has 0 aliphatic rings. The summed E-state index contributed by atoms with van der Waals surface area (Å²) in [5, 5.41) is 0.838. The third kappa shape index (κ3) is 2.21. The van der Waals surface area contributed by atoms with Crippen LogP contribution in [0.5, 0.6) is 10.8 Å². The largest absolute Gasteiger partial charge is 0.495 e. The fourth-order valence-electron chi connectivity index (χ4n) is 2.04. The summed E-state index contributed by atoms with van der Waals surface area (Å²) in [7, 11) is 3.31. The molecule has 7 heteroatoms. The van der Waals surface area contributed by atoms with Crippen LogP contribution in [-0.4, -0.2) is 29.2 Å². The summed E-state index contributed by atoms with van der Waals surface area (Å²) in [6, 6.07) is 1.90. The minimum atomic E-state index is 0. The number of methoxy groups -OCH3 is 2. The zero-order chi connectivity index (χ0) is 13.4. The van der Waals surface area contributed by atoms with Crippen molar-refractivity contribution in [2.45, 2.75) is 6.92 Å². The van der Waals surface area contributed by atoms with Gasteiger partial charge >= 0.3 is 0 Å². The monoisotopic (exact) mass is 311 g/mol. The maximum absolute atomic E-state index is 5.46. The minimum absolute atomic E-state index is 0. The van der Waals surface area contributed by atoms with Crippen LogP contribution in [0, 0.1) is 6.92 Å². The SMILES string of the molecule is COc1sc(-c2nc3cnccc3[nH]2)c(OC)c1C.Cl. The van der Waals surface area contributed by atoms with Gasteiger partial charge in [-0.2, -0.15) is 0 Å². The van der Waals surface area contributed by atoms with Crippen molar-refractivity contribution in [2.24, 2.45) is 0 Å². The Morgan fingerprint density at radius 1 is 1.25 bits per heavy atom. The molecule has 0 unspecified atom stereocenters. The first-order chi connectivity index (χ1) is 9.24. The number of nitrogens with zero attached hydrogens (tertiary/aromatic N) is 2. The van der Waals surface area contributed by atoms with Gasteiger partial charge in [0.1, 0.15) is 16.1 Å². The number of aromatic amines is 1. The van der Waals surface area contributed by atoms with Crippen LogP contribution in [-0.2, 0) is 0 Å². The Hall–Kier alpha value is -1.79. The Morgan fingerprint density at radius 2 is 2.05 bits per heavy atom. The van der Waals surface area contributed by atoms with E-state index in [-0.39, 0.29) is 12.4 Å². The molecular formula is C13H14ClN3O2S. The van der Waals surface area contributed by atoms with Gasteiger partial charge in [0.2, 0.25) is 0 Å². The maximum atomic E-state index is 5.46. The molecule has 3 heterocycles. The molecule has 0 aromatic carbocycles. The molecule has 0 atom stereocenters. The van der Waals surface area contributed by atoms with Gasteiger partial charge in [0.15, 0.2) is 10.9 Å². The van der Waals surface area contributed by atoms with Crippen molar-refractivity contribution in [1.82, 2.24) is 15.0 Å². The topological polar surface area (TPSA) is 60.0 Å². The minimum Gasteiger partial charge on any atom is -0.495 e. The molecule has 0 radical (unpaired) electrons. The number of imidazole rings is 1. The molecule has 0 fully saturated rings. The number of hydrogen-bond acceptors (Lipinski definition) is 5. The van der Waals surface area contributed by atoms with Crippen LogP contribution in [0.15, 0.2) is 18.5 Å². The van der Waals surface area contributed by atoms with Crippen LogP contribution in [0.25, 0.3) is 21.7 Å². The molecule has 1 N–H and O–H groups in total. The zero-order valence-electron chi connectivity index (χ0n) is 11.3. The molecule has 3 aromatic rings. The second-order valence-corrected chi connectivity index (χ2v) is 5.04. The predicted octanol–water partition coefficient (Wildman–Crippen LogP) is 3.43. The quantitative estimate of drug-likeness (QED) is 0.805. The first-order valence-electron chi connectivity index (χ1n) is 5.76. The van der Waals surface area contributed by atoms with Crippen molar-refractivity contribution in [3.8, 4) is 21.5 Å². The van der Waals surface area contributed by atoms with E-state index in [2.05, 4.69) is 15.0 Å². The standard InChI is InChI=1S/C13H13N3O2S.ClH/c1-7-10(17-2)11(19-13(7)18-3)12-15-8-4-5-14-6-9(8)16-12;/h4-6H,1-3H3,(H,15,16);1H. The van der Waals surface area contributed by atoms with Crippen molar-refractivity contribution in [2.75, 3.05) is 14.2 Å². The summed E-state index contributed by atoms with van der Waals surface area (Å²) in [5.41, 5.74) is 2.78. The number of halogens is 1. The molecule has 0 saturated heterocycles. The van der Waals surface area contributed by atoms with Crippen molar-refractivity contribution < 1.29 is 9.47 Å². The van der Waals surface area contributed by atoms with Gasteiger partial charge in [-0.3, -0.25) is 4.98 Å². The van der Waals surface area contributed by atoms with Gasteiger partial charge in [-0.05, 0) is 13.0 Å². The lowest BCUT2D eigenvalue weighted by molar-refractivity contribution is 0.401. The summed E-state index contributed by atoms with van der Waals surface area (Å²) >= 11 is 1.52. The molecule has 0 aliphatic heterocycles. The van der Waals surface area contributed by atoms with Crippen LogP contribution in [0.3, 0.4) is 0 Å². The Balaban J connectivity index is 0.00000147. The number of nitrogens with one attached hydrogen (secondary N) is 1. The number of thiophene rings is 1. The Morgan fingerprint density at radius 3 is 2.70 bits per heavy atom. The summed E-state index contributed by atoms with van der Waals surface area (Å²) < 4.78 is 10.8. The fourth-order valence-corrected chi connectivity index (χ4v) is 3.08. The normalized spacial score (nSPS) is 10.3. The van der Waals surface area contributed by atoms with E-state index in [1.165, 1.54) is 11.3 Å². The average Bonchev–Trinajstić information content (AvgIpc) is 2.98. The average molecular weight is 312 g/mol. The van der Waals surface area contributed by atoms with Gasteiger partial charge < -0.3 is 14.5 Å². The van der Waals surface area contributed by atoms with Crippen LogP contribution in [0.1, 0.15) is 5.56 Å². The lowest BCUT2D eigenvalue weighted by Crippen LogP contribution is -1.87. The molecule has 0 saturated carbocycles. The number of aromatic nitrogens is 3. The highest BCUT2D eigenvalue weighted by atomic mass is 35.5. The first kappa shape index (κ1) is 14.6. The molecule has 3 rings (SSSR count). The van der Waals surface area contributed by atoms with Crippen LogP contribution < -0.4 is 9.47 Å². The van der Waals surface area contributed by atoms with E-state index < -0.39 is 0 Å². The molecule has 0 bridgehead atoms. The lowest BCUT2D eigenvalue weighted by Gasteiger charge is -2.00. The van der Waals surface area contributed by atoms with E-state index in [1.54, 1.807) is 26.6 Å².